The molecule has 3 aromatic carbocycles. The highest BCUT2D eigenvalue weighted by molar-refractivity contribution is 5.91. The van der Waals surface area contributed by atoms with E-state index in [4.69, 9.17) is 18.9 Å². The van der Waals surface area contributed by atoms with Crippen molar-refractivity contribution >= 4 is 17.9 Å². The van der Waals surface area contributed by atoms with Crippen LogP contribution in [-0.2, 0) is 18.9 Å². The number of ether oxygens (including phenoxy) is 4. The van der Waals surface area contributed by atoms with Crippen LogP contribution in [0.5, 0.6) is 0 Å². The number of benzene rings is 3. The largest absolute Gasteiger partial charge is 0.459 e. The molecule has 0 unspecified atom stereocenters. The van der Waals surface area contributed by atoms with E-state index in [2.05, 4.69) is 0 Å². The second-order valence-corrected chi connectivity index (χ2v) is 8.12. The molecule has 0 saturated carbocycles. The molecular formula is C27H24O8. The molecule has 1 N–H and O–H groups in total. The van der Waals surface area contributed by atoms with Gasteiger partial charge in [-0.15, -0.1) is 0 Å². The average molecular weight is 476 g/mol. The molecule has 0 aromatic heterocycles. The maximum Gasteiger partial charge on any atom is 0.338 e. The highest BCUT2D eigenvalue weighted by Crippen LogP contribution is 2.37. The minimum atomic E-state index is -1.78. The molecule has 1 heterocycles. The summed E-state index contributed by atoms with van der Waals surface area (Å²) in [5, 5.41) is 10.7. The molecule has 3 aromatic rings. The van der Waals surface area contributed by atoms with E-state index in [0.29, 0.717) is 5.56 Å². The molecule has 0 aliphatic carbocycles. The zero-order chi connectivity index (χ0) is 24.8. The van der Waals surface area contributed by atoms with Gasteiger partial charge in [0.15, 0.2) is 18.0 Å². The first-order valence-corrected chi connectivity index (χ1v) is 11.0. The fourth-order valence-electron chi connectivity index (χ4n) is 3.72. The number of aliphatic hydroxyl groups is 1. The monoisotopic (exact) mass is 476 g/mol. The second-order valence-electron chi connectivity index (χ2n) is 8.12. The zero-order valence-corrected chi connectivity index (χ0v) is 18.9. The van der Waals surface area contributed by atoms with Crippen LogP contribution < -0.4 is 0 Å². The molecular weight excluding hydrogens is 452 g/mol. The molecule has 0 spiro atoms. The van der Waals surface area contributed by atoms with Gasteiger partial charge in [-0.2, -0.15) is 0 Å². The van der Waals surface area contributed by atoms with Gasteiger partial charge in [-0.3, -0.25) is 0 Å². The van der Waals surface area contributed by atoms with E-state index in [1.165, 1.54) is 6.92 Å². The van der Waals surface area contributed by atoms with Gasteiger partial charge in [0.05, 0.1) is 16.7 Å². The molecule has 8 heteroatoms. The predicted molar refractivity (Wildman–Crippen MR) is 124 cm³/mol. The molecule has 35 heavy (non-hydrogen) atoms. The maximum absolute atomic E-state index is 12.8. The van der Waals surface area contributed by atoms with Crippen molar-refractivity contribution in [2.75, 3.05) is 6.61 Å². The molecule has 1 fully saturated rings. The van der Waals surface area contributed by atoms with Crippen molar-refractivity contribution in [1.29, 1.82) is 0 Å². The van der Waals surface area contributed by atoms with E-state index in [1.807, 2.05) is 0 Å². The highest BCUT2D eigenvalue weighted by Gasteiger charge is 2.59. The van der Waals surface area contributed by atoms with Crippen LogP contribution in [0.15, 0.2) is 91.0 Å². The molecule has 180 valence electrons. The van der Waals surface area contributed by atoms with Gasteiger partial charge in [-0.1, -0.05) is 54.6 Å². The molecule has 4 rings (SSSR count). The van der Waals surface area contributed by atoms with E-state index in [0.717, 1.165) is 0 Å². The lowest BCUT2D eigenvalue weighted by Crippen LogP contribution is -2.52. The summed E-state index contributed by atoms with van der Waals surface area (Å²) in [6, 6.07) is 24.7. The Balaban J connectivity index is 1.56. The fraction of sp³-hybridized carbons (Fsp3) is 0.222. The van der Waals surface area contributed by atoms with Gasteiger partial charge in [-0.05, 0) is 43.3 Å². The normalized spacial score (nSPS) is 23.3. The maximum atomic E-state index is 12.8. The van der Waals surface area contributed by atoms with Crippen LogP contribution in [0.25, 0.3) is 0 Å². The van der Waals surface area contributed by atoms with Gasteiger partial charge >= 0.3 is 17.9 Å². The minimum Gasteiger partial charge on any atom is -0.459 e. The van der Waals surface area contributed by atoms with Crippen LogP contribution >= 0.6 is 0 Å². The third-order valence-corrected chi connectivity index (χ3v) is 5.65. The van der Waals surface area contributed by atoms with Crippen LogP contribution in [0, 0.1) is 0 Å². The van der Waals surface area contributed by atoms with Crippen LogP contribution in [-0.4, -0.2) is 53.7 Å². The molecule has 1 saturated heterocycles. The van der Waals surface area contributed by atoms with Crippen molar-refractivity contribution in [1.82, 2.24) is 0 Å². The van der Waals surface area contributed by atoms with Gasteiger partial charge in [-0.25, -0.2) is 14.4 Å². The van der Waals surface area contributed by atoms with Crippen molar-refractivity contribution in [3.05, 3.63) is 108 Å². The van der Waals surface area contributed by atoms with Gasteiger partial charge in [0.1, 0.15) is 12.7 Å². The smallest absolute Gasteiger partial charge is 0.338 e. The molecule has 0 bridgehead atoms. The molecule has 0 amide bonds. The second kappa shape index (κ2) is 10.5. The summed E-state index contributed by atoms with van der Waals surface area (Å²) < 4.78 is 22.2. The summed E-state index contributed by atoms with van der Waals surface area (Å²) in [5.41, 5.74) is -0.956. The van der Waals surface area contributed by atoms with E-state index < -0.39 is 42.0 Å². The van der Waals surface area contributed by atoms with E-state index >= 15 is 0 Å². The van der Waals surface area contributed by atoms with Crippen LogP contribution in [0.4, 0.5) is 0 Å². The van der Waals surface area contributed by atoms with E-state index in [1.54, 1.807) is 91.0 Å². The quantitative estimate of drug-likeness (QED) is 0.408. The topological polar surface area (TPSA) is 108 Å². The summed E-state index contributed by atoms with van der Waals surface area (Å²) in [5.74, 6) is -2.07. The van der Waals surface area contributed by atoms with Gasteiger partial charge in [0, 0.05) is 0 Å². The van der Waals surface area contributed by atoms with E-state index in [-0.39, 0.29) is 17.7 Å². The Kier molecular flexibility index (Phi) is 7.24. The lowest BCUT2D eigenvalue weighted by Gasteiger charge is -2.32. The number of esters is 3. The summed E-state index contributed by atoms with van der Waals surface area (Å²) in [7, 11) is 0. The first-order valence-electron chi connectivity index (χ1n) is 11.0. The molecule has 0 radical (unpaired) electrons. The third-order valence-electron chi connectivity index (χ3n) is 5.65. The zero-order valence-electron chi connectivity index (χ0n) is 18.9. The number of rotatable bonds is 7. The lowest BCUT2D eigenvalue weighted by atomic mass is 9.96. The number of carbonyl (C=O) groups excluding carboxylic acids is 3. The Hall–Kier alpha value is -4.01. The van der Waals surface area contributed by atoms with Crippen LogP contribution in [0.3, 0.4) is 0 Å². The fourth-order valence-corrected chi connectivity index (χ4v) is 3.72. The average Bonchev–Trinajstić information content (AvgIpc) is 3.12. The summed E-state index contributed by atoms with van der Waals surface area (Å²) in [6.45, 7) is 1.05. The minimum absolute atomic E-state index is 0.244. The Morgan fingerprint density at radius 3 is 1.74 bits per heavy atom. The number of hydrogen-bond donors (Lipinski definition) is 1. The first-order chi connectivity index (χ1) is 16.9. The summed E-state index contributed by atoms with van der Waals surface area (Å²) in [4.78, 5) is 38.1. The Morgan fingerprint density at radius 2 is 1.23 bits per heavy atom. The van der Waals surface area contributed by atoms with Crippen molar-refractivity contribution in [2.45, 2.75) is 31.0 Å². The van der Waals surface area contributed by atoms with Gasteiger partial charge in [0.25, 0.3) is 0 Å². The number of carbonyl (C=O) groups is 3. The summed E-state index contributed by atoms with van der Waals surface area (Å²) >= 11 is 0. The van der Waals surface area contributed by atoms with Crippen molar-refractivity contribution in [2.24, 2.45) is 0 Å². The lowest BCUT2D eigenvalue weighted by molar-refractivity contribution is -0.172. The molecule has 8 nitrogen and oxygen atoms in total. The van der Waals surface area contributed by atoms with Gasteiger partial charge < -0.3 is 24.1 Å². The summed E-state index contributed by atoms with van der Waals surface area (Å²) in [6.07, 6.45) is -4.02. The Labute approximate surface area is 202 Å². The highest BCUT2D eigenvalue weighted by atomic mass is 16.7. The van der Waals surface area contributed by atoms with E-state index in [9.17, 15) is 19.5 Å². The third kappa shape index (κ3) is 5.40. The number of aliphatic hydroxyl groups excluding tert-OH is 1. The predicted octanol–water partition coefficient (Wildman–Crippen LogP) is 3.40. The van der Waals surface area contributed by atoms with Crippen LogP contribution in [0.2, 0.25) is 0 Å². The first kappa shape index (κ1) is 24.1. The SMILES string of the molecule is C[C@@]1(OC(=O)c2ccccc2)[C@H](OC(=O)c2ccccc2)[C@@H](COC(=O)c2ccccc2)O[C@@H]1O. The van der Waals surface area contributed by atoms with Crippen molar-refractivity contribution < 1.29 is 38.4 Å². The van der Waals surface area contributed by atoms with Crippen molar-refractivity contribution in [3.63, 3.8) is 0 Å². The van der Waals surface area contributed by atoms with Gasteiger partial charge in [0.2, 0.25) is 0 Å². The molecule has 4 atom stereocenters. The standard InChI is InChI=1S/C27H24O8/c1-27(35-25(30)20-15-9-4-10-16-20)22(34-24(29)19-13-7-3-8-14-19)21(33-26(27)31)17-32-23(28)18-11-5-2-6-12-18/h2-16,21-22,26,31H,17H2,1H3/t21-,22-,26+,27-/m1/s1. The number of hydrogen-bond acceptors (Lipinski definition) is 8. The van der Waals surface area contributed by atoms with Crippen molar-refractivity contribution in [3.8, 4) is 0 Å². The Morgan fingerprint density at radius 1 is 0.771 bits per heavy atom. The Bertz CT molecular complexity index is 1170. The molecule has 1 aliphatic heterocycles. The van der Waals surface area contributed by atoms with Crippen LogP contribution in [0.1, 0.15) is 38.0 Å². The molecule has 1 aliphatic rings.